The number of nitrogens with zero attached hydrogens (tertiary/aromatic N) is 2. The first kappa shape index (κ1) is 16.0. The molecule has 1 fully saturated rings. The van der Waals surface area contributed by atoms with Gasteiger partial charge in [0.1, 0.15) is 15.6 Å². The second-order valence-electron chi connectivity index (χ2n) is 5.69. The van der Waals surface area contributed by atoms with Crippen molar-refractivity contribution in [1.82, 2.24) is 9.88 Å². The Bertz CT molecular complexity index is 676. The molecule has 1 aliphatic rings. The summed E-state index contributed by atoms with van der Waals surface area (Å²) in [4.78, 5) is 20.1. The summed E-state index contributed by atoms with van der Waals surface area (Å²) in [6, 6.07) is 7.32. The van der Waals surface area contributed by atoms with Gasteiger partial charge in [0.05, 0.1) is 19.3 Å². The number of rotatable bonds is 5. The summed E-state index contributed by atoms with van der Waals surface area (Å²) >= 11 is 1.49. The number of amides is 1. The number of methoxy groups -OCH3 is 1. The van der Waals surface area contributed by atoms with Crippen molar-refractivity contribution in [2.24, 2.45) is 0 Å². The van der Waals surface area contributed by atoms with E-state index in [-0.39, 0.29) is 5.91 Å². The largest absolute Gasteiger partial charge is 0.497 e. The molecule has 122 valence electrons. The van der Waals surface area contributed by atoms with E-state index in [2.05, 4.69) is 15.2 Å². The van der Waals surface area contributed by atoms with Crippen LogP contribution in [0.5, 0.6) is 5.75 Å². The highest BCUT2D eigenvalue weighted by Crippen LogP contribution is 2.23. The minimum Gasteiger partial charge on any atom is -0.497 e. The Morgan fingerprint density at radius 1 is 1.30 bits per heavy atom. The van der Waals surface area contributed by atoms with Gasteiger partial charge in [-0.1, -0.05) is 0 Å². The number of benzene rings is 1. The molecule has 0 saturated carbocycles. The van der Waals surface area contributed by atoms with E-state index < -0.39 is 0 Å². The fraction of sp³-hybridized carbons (Fsp3) is 0.412. The van der Waals surface area contributed by atoms with Crippen molar-refractivity contribution in [3.8, 4) is 5.75 Å². The number of carbonyl (C=O) groups is 1. The van der Waals surface area contributed by atoms with E-state index in [4.69, 9.17) is 4.74 Å². The summed E-state index contributed by atoms with van der Waals surface area (Å²) in [6.45, 7) is 5.01. The minimum absolute atomic E-state index is 0.0992. The van der Waals surface area contributed by atoms with Gasteiger partial charge in [-0.2, -0.15) is 0 Å². The van der Waals surface area contributed by atoms with Crippen LogP contribution in [0.3, 0.4) is 0 Å². The van der Waals surface area contributed by atoms with Crippen LogP contribution in [0.15, 0.2) is 24.3 Å². The van der Waals surface area contributed by atoms with Crippen LogP contribution >= 0.6 is 11.3 Å². The fourth-order valence-corrected chi connectivity index (χ4v) is 3.73. The summed E-state index contributed by atoms with van der Waals surface area (Å²) < 4.78 is 5.12. The van der Waals surface area contributed by atoms with Crippen LogP contribution in [0.4, 0.5) is 5.69 Å². The Labute approximate surface area is 140 Å². The van der Waals surface area contributed by atoms with E-state index in [1.807, 2.05) is 31.2 Å². The van der Waals surface area contributed by atoms with Gasteiger partial charge in [0.25, 0.3) is 5.91 Å². The van der Waals surface area contributed by atoms with Crippen LogP contribution < -0.4 is 10.1 Å². The molecule has 2 aromatic rings. The molecule has 0 radical (unpaired) electrons. The molecule has 0 unspecified atom stereocenters. The van der Waals surface area contributed by atoms with Gasteiger partial charge in [0.2, 0.25) is 0 Å². The molecule has 1 N–H and O–H groups in total. The smallest absolute Gasteiger partial charge is 0.267 e. The van der Waals surface area contributed by atoms with Crippen molar-refractivity contribution >= 4 is 22.9 Å². The molecule has 1 saturated heterocycles. The van der Waals surface area contributed by atoms with E-state index in [9.17, 15) is 4.79 Å². The third-order valence-electron chi connectivity index (χ3n) is 3.95. The zero-order chi connectivity index (χ0) is 16.2. The SMILES string of the molecule is COc1ccc(NC(=O)c2sc(CN3CCCC3)nc2C)cc1. The summed E-state index contributed by atoms with van der Waals surface area (Å²) in [6.07, 6.45) is 2.52. The molecule has 0 spiro atoms. The van der Waals surface area contributed by atoms with Crippen LogP contribution in [0.25, 0.3) is 0 Å². The highest BCUT2D eigenvalue weighted by atomic mass is 32.1. The molecule has 1 aromatic carbocycles. The molecule has 1 aliphatic heterocycles. The monoisotopic (exact) mass is 331 g/mol. The number of aryl methyl sites for hydroxylation is 1. The average Bonchev–Trinajstić information content (AvgIpc) is 3.18. The van der Waals surface area contributed by atoms with Gasteiger partial charge in [-0.05, 0) is 57.1 Å². The predicted molar refractivity (Wildman–Crippen MR) is 92.3 cm³/mol. The number of thiazole rings is 1. The van der Waals surface area contributed by atoms with E-state index in [0.717, 1.165) is 41.8 Å². The first-order valence-corrected chi connectivity index (χ1v) is 8.61. The van der Waals surface area contributed by atoms with Gasteiger partial charge in [-0.15, -0.1) is 11.3 Å². The lowest BCUT2D eigenvalue weighted by atomic mass is 10.3. The van der Waals surface area contributed by atoms with Gasteiger partial charge < -0.3 is 10.1 Å². The third kappa shape index (κ3) is 3.89. The number of hydrogen-bond acceptors (Lipinski definition) is 5. The maximum Gasteiger partial charge on any atom is 0.267 e. The standard InChI is InChI=1S/C17H21N3O2S/c1-12-16(23-15(18-12)11-20-9-3-4-10-20)17(21)19-13-5-7-14(22-2)8-6-13/h5-8H,3-4,9-11H2,1-2H3,(H,19,21). The molecule has 1 amide bonds. The molecule has 0 atom stereocenters. The van der Waals surface area contributed by atoms with Crippen molar-refractivity contribution in [3.05, 3.63) is 39.8 Å². The van der Waals surface area contributed by atoms with Crippen LogP contribution in [-0.2, 0) is 6.54 Å². The topological polar surface area (TPSA) is 54.5 Å². The molecule has 0 aliphatic carbocycles. The Balaban J connectivity index is 1.67. The van der Waals surface area contributed by atoms with Crippen LogP contribution in [0.2, 0.25) is 0 Å². The minimum atomic E-state index is -0.0992. The Hall–Kier alpha value is -1.92. The van der Waals surface area contributed by atoms with E-state index in [0.29, 0.717) is 4.88 Å². The van der Waals surface area contributed by atoms with Crippen molar-refractivity contribution in [3.63, 3.8) is 0 Å². The molecule has 23 heavy (non-hydrogen) atoms. The van der Waals surface area contributed by atoms with Gasteiger partial charge in [0, 0.05) is 5.69 Å². The summed E-state index contributed by atoms with van der Waals surface area (Å²) in [5.74, 6) is 0.669. The molecule has 0 bridgehead atoms. The van der Waals surface area contributed by atoms with Gasteiger partial charge >= 0.3 is 0 Å². The summed E-state index contributed by atoms with van der Waals surface area (Å²) in [5, 5.41) is 3.94. The Kier molecular flexibility index (Phi) is 4.93. The van der Waals surface area contributed by atoms with Crippen LogP contribution in [0, 0.1) is 6.92 Å². The number of hydrogen-bond donors (Lipinski definition) is 1. The number of ether oxygens (including phenoxy) is 1. The van der Waals surface area contributed by atoms with Crippen molar-refractivity contribution in [2.45, 2.75) is 26.3 Å². The Morgan fingerprint density at radius 2 is 2.00 bits per heavy atom. The van der Waals surface area contributed by atoms with Crippen LogP contribution in [-0.4, -0.2) is 36.0 Å². The number of carbonyl (C=O) groups excluding carboxylic acids is 1. The first-order valence-electron chi connectivity index (χ1n) is 7.80. The zero-order valence-electron chi connectivity index (χ0n) is 13.5. The number of aromatic nitrogens is 1. The quantitative estimate of drug-likeness (QED) is 0.913. The third-order valence-corrected chi connectivity index (χ3v) is 5.09. The molecule has 3 rings (SSSR count). The predicted octanol–water partition coefficient (Wildman–Crippen LogP) is 3.31. The van der Waals surface area contributed by atoms with E-state index >= 15 is 0 Å². The van der Waals surface area contributed by atoms with Crippen LogP contribution in [0.1, 0.15) is 33.2 Å². The highest BCUT2D eigenvalue weighted by Gasteiger charge is 2.18. The van der Waals surface area contributed by atoms with Gasteiger partial charge in [0.15, 0.2) is 0 Å². The number of anilines is 1. The maximum absolute atomic E-state index is 12.5. The van der Waals surface area contributed by atoms with Gasteiger partial charge in [-0.3, -0.25) is 9.69 Å². The summed E-state index contributed by atoms with van der Waals surface area (Å²) in [7, 11) is 1.62. The second kappa shape index (κ2) is 7.10. The molecule has 6 heteroatoms. The lowest BCUT2D eigenvalue weighted by Gasteiger charge is -2.11. The van der Waals surface area contributed by atoms with E-state index in [1.54, 1.807) is 7.11 Å². The molecule has 2 heterocycles. The Morgan fingerprint density at radius 3 is 2.65 bits per heavy atom. The number of likely N-dealkylation sites (tertiary alicyclic amines) is 1. The summed E-state index contributed by atoms with van der Waals surface area (Å²) in [5.41, 5.74) is 1.56. The molecular formula is C17H21N3O2S. The molecule has 5 nitrogen and oxygen atoms in total. The van der Waals surface area contributed by atoms with Gasteiger partial charge in [-0.25, -0.2) is 4.98 Å². The maximum atomic E-state index is 12.5. The fourth-order valence-electron chi connectivity index (χ4n) is 2.72. The molecule has 1 aromatic heterocycles. The second-order valence-corrected chi connectivity index (χ2v) is 6.77. The number of nitrogens with one attached hydrogen (secondary N) is 1. The highest BCUT2D eigenvalue weighted by molar-refractivity contribution is 7.13. The van der Waals surface area contributed by atoms with E-state index in [1.165, 1.54) is 24.2 Å². The van der Waals surface area contributed by atoms with Crippen molar-refractivity contribution in [2.75, 3.05) is 25.5 Å². The van der Waals surface area contributed by atoms with Crippen molar-refractivity contribution in [1.29, 1.82) is 0 Å². The average molecular weight is 331 g/mol. The lowest BCUT2D eigenvalue weighted by Crippen LogP contribution is -2.18. The van der Waals surface area contributed by atoms with Crippen molar-refractivity contribution < 1.29 is 9.53 Å². The molecular weight excluding hydrogens is 310 g/mol. The lowest BCUT2D eigenvalue weighted by molar-refractivity contribution is 0.103. The normalized spacial score (nSPS) is 14.9. The zero-order valence-corrected chi connectivity index (χ0v) is 14.3. The first-order chi connectivity index (χ1) is 11.2.